The molecule has 118 valence electrons. The Morgan fingerprint density at radius 2 is 1.78 bits per heavy atom. The summed E-state index contributed by atoms with van der Waals surface area (Å²) in [4.78, 5) is 19.2. The van der Waals surface area contributed by atoms with Crippen LogP contribution in [0.25, 0.3) is 10.2 Å². The molecule has 0 unspecified atom stereocenters. The summed E-state index contributed by atoms with van der Waals surface area (Å²) in [6.07, 6.45) is 0. The number of carbonyl (C=O) groups is 1. The Kier molecular flexibility index (Phi) is 4.18. The summed E-state index contributed by atoms with van der Waals surface area (Å²) >= 11 is 1.64. The molecule has 3 aromatic rings. The van der Waals surface area contributed by atoms with Crippen molar-refractivity contribution in [3.05, 3.63) is 63.7 Å². The van der Waals surface area contributed by atoms with E-state index in [1.165, 1.54) is 5.56 Å². The number of benzene rings is 2. The van der Waals surface area contributed by atoms with Gasteiger partial charge in [-0.3, -0.25) is 4.79 Å². The smallest absolute Gasteiger partial charge is 0.254 e. The number of fused-ring (bicyclic) bond motifs is 1. The first-order valence-corrected chi connectivity index (χ1v) is 8.45. The molecule has 0 spiro atoms. The number of para-hydroxylation sites is 1. The van der Waals surface area contributed by atoms with Gasteiger partial charge in [0.2, 0.25) is 0 Å². The van der Waals surface area contributed by atoms with Crippen molar-refractivity contribution >= 4 is 27.5 Å². The predicted octanol–water partition coefficient (Wildman–Crippen LogP) is 4.49. The summed E-state index contributed by atoms with van der Waals surface area (Å²) in [5.74, 6) is 0.0549. The Labute approximate surface area is 140 Å². The molecule has 0 saturated heterocycles. The van der Waals surface area contributed by atoms with Gasteiger partial charge in [-0.2, -0.15) is 0 Å². The van der Waals surface area contributed by atoms with Gasteiger partial charge in [0, 0.05) is 12.6 Å². The Morgan fingerprint density at radius 1 is 1.13 bits per heavy atom. The molecule has 1 heterocycles. The molecular weight excluding hydrogens is 304 g/mol. The molecule has 1 amide bonds. The SMILES string of the molecule is Cc1cc(C)c(C(=O)N(C)Cc2nc3ccccc3s2)c(C)c1. The molecule has 4 heteroatoms. The van der Waals surface area contributed by atoms with E-state index in [2.05, 4.69) is 30.1 Å². The molecule has 3 rings (SSSR count). The van der Waals surface area contributed by atoms with Crippen molar-refractivity contribution in [2.45, 2.75) is 27.3 Å². The number of aryl methyl sites for hydroxylation is 3. The van der Waals surface area contributed by atoms with Crippen molar-refractivity contribution in [2.24, 2.45) is 0 Å². The molecule has 0 aliphatic rings. The van der Waals surface area contributed by atoms with E-state index in [1.54, 1.807) is 16.2 Å². The first-order chi connectivity index (χ1) is 11.0. The predicted molar refractivity (Wildman–Crippen MR) is 96.1 cm³/mol. The first kappa shape index (κ1) is 15.7. The van der Waals surface area contributed by atoms with Crippen LogP contribution in [0, 0.1) is 20.8 Å². The maximum atomic E-state index is 12.8. The number of amides is 1. The highest BCUT2D eigenvalue weighted by Gasteiger charge is 2.18. The molecule has 0 atom stereocenters. The van der Waals surface area contributed by atoms with Crippen molar-refractivity contribution in [1.29, 1.82) is 0 Å². The lowest BCUT2D eigenvalue weighted by Gasteiger charge is -2.19. The van der Waals surface area contributed by atoms with Crippen LogP contribution in [-0.2, 0) is 6.54 Å². The minimum atomic E-state index is 0.0549. The van der Waals surface area contributed by atoms with Gasteiger partial charge in [0.1, 0.15) is 5.01 Å². The summed E-state index contributed by atoms with van der Waals surface area (Å²) in [5, 5.41) is 0.962. The van der Waals surface area contributed by atoms with Gasteiger partial charge in [-0.15, -0.1) is 11.3 Å². The molecule has 0 N–H and O–H groups in total. The maximum absolute atomic E-state index is 12.8. The molecule has 0 radical (unpaired) electrons. The largest absolute Gasteiger partial charge is 0.335 e. The van der Waals surface area contributed by atoms with Crippen molar-refractivity contribution in [1.82, 2.24) is 9.88 Å². The van der Waals surface area contributed by atoms with Gasteiger partial charge in [0.05, 0.1) is 16.8 Å². The van der Waals surface area contributed by atoms with Crippen molar-refractivity contribution in [3.8, 4) is 0 Å². The summed E-state index contributed by atoms with van der Waals surface area (Å²) in [5.41, 5.74) is 5.05. The summed E-state index contributed by atoms with van der Waals surface area (Å²) in [7, 11) is 1.84. The van der Waals surface area contributed by atoms with E-state index >= 15 is 0 Å². The molecule has 23 heavy (non-hydrogen) atoms. The fraction of sp³-hybridized carbons (Fsp3) is 0.263. The molecule has 0 aliphatic carbocycles. The number of aromatic nitrogens is 1. The van der Waals surface area contributed by atoms with Gasteiger partial charge in [-0.25, -0.2) is 4.98 Å². The van der Waals surface area contributed by atoms with Gasteiger partial charge in [0.25, 0.3) is 5.91 Å². The van der Waals surface area contributed by atoms with E-state index in [1.807, 2.05) is 39.1 Å². The monoisotopic (exact) mass is 324 g/mol. The van der Waals surface area contributed by atoms with Gasteiger partial charge >= 0.3 is 0 Å². The van der Waals surface area contributed by atoms with Crippen LogP contribution in [0.3, 0.4) is 0 Å². The third kappa shape index (κ3) is 3.13. The van der Waals surface area contributed by atoms with Gasteiger partial charge in [0.15, 0.2) is 0 Å². The Morgan fingerprint density at radius 3 is 2.43 bits per heavy atom. The standard InChI is InChI=1S/C19H20N2OS/c1-12-9-13(2)18(14(3)10-12)19(22)21(4)11-17-20-15-7-5-6-8-16(15)23-17/h5-10H,11H2,1-4H3. The van der Waals surface area contributed by atoms with E-state index in [9.17, 15) is 4.79 Å². The zero-order valence-corrected chi connectivity index (χ0v) is 14.7. The molecule has 0 aliphatic heterocycles. The van der Waals surface area contributed by atoms with Gasteiger partial charge < -0.3 is 4.90 Å². The number of hydrogen-bond acceptors (Lipinski definition) is 3. The zero-order chi connectivity index (χ0) is 16.6. The second-order valence-corrected chi connectivity index (χ2v) is 7.13. The van der Waals surface area contributed by atoms with E-state index in [4.69, 9.17) is 0 Å². The minimum absolute atomic E-state index is 0.0549. The van der Waals surface area contributed by atoms with Crippen LogP contribution in [0.1, 0.15) is 32.1 Å². The van der Waals surface area contributed by atoms with E-state index in [0.29, 0.717) is 6.54 Å². The van der Waals surface area contributed by atoms with Crippen molar-refractivity contribution in [3.63, 3.8) is 0 Å². The molecule has 0 fully saturated rings. The number of carbonyl (C=O) groups excluding carboxylic acids is 1. The van der Waals surface area contributed by atoms with Crippen LogP contribution in [-0.4, -0.2) is 22.8 Å². The molecule has 0 bridgehead atoms. The van der Waals surface area contributed by atoms with Crippen LogP contribution in [0.4, 0.5) is 0 Å². The van der Waals surface area contributed by atoms with Gasteiger partial charge in [-0.05, 0) is 44.0 Å². The minimum Gasteiger partial charge on any atom is -0.335 e. The molecule has 2 aromatic carbocycles. The maximum Gasteiger partial charge on any atom is 0.254 e. The third-order valence-corrected chi connectivity index (χ3v) is 4.97. The topological polar surface area (TPSA) is 33.2 Å². The fourth-order valence-corrected chi connectivity index (χ4v) is 3.99. The Balaban J connectivity index is 1.85. The number of thiazole rings is 1. The van der Waals surface area contributed by atoms with Crippen LogP contribution in [0.2, 0.25) is 0 Å². The van der Waals surface area contributed by atoms with E-state index < -0.39 is 0 Å². The average molecular weight is 324 g/mol. The van der Waals surface area contributed by atoms with Crippen LogP contribution in [0.5, 0.6) is 0 Å². The lowest BCUT2D eigenvalue weighted by Crippen LogP contribution is -2.27. The summed E-state index contributed by atoms with van der Waals surface area (Å²) in [6.45, 7) is 6.58. The fourth-order valence-electron chi connectivity index (χ4n) is 2.97. The van der Waals surface area contributed by atoms with Crippen LogP contribution >= 0.6 is 11.3 Å². The molecule has 3 nitrogen and oxygen atoms in total. The Bertz CT molecular complexity index is 826. The van der Waals surface area contributed by atoms with Crippen molar-refractivity contribution < 1.29 is 4.79 Å². The highest BCUT2D eigenvalue weighted by Crippen LogP contribution is 2.24. The van der Waals surface area contributed by atoms with E-state index in [-0.39, 0.29) is 5.91 Å². The first-order valence-electron chi connectivity index (χ1n) is 7.63. The Hall–Kier alpha value is -2.20. The van der Waals surface area contributed by atoms with Crippen molar-refractivity contribution in [2.75, 3.05) is 7.05 Å². The molecular formula is C19H20N2OS. The lowest BCUT2D eigenvalue weighted by molar-refractivity contribution is 0.0783. The van der Waals surface area contributed by atoms with E-state index in [0.717, 1.165) is 31.9 Å². The van der Waals surface area contributed by atoms with Crippen LogP contribution in [0.15, 0.2) is 36.4 Å². The quantitative estimate of drug-likeness (QED) is 0.711. The highest BCUT2D eigenvalue weighted by atomic mass is 32.1. The molecule has 0 saturated carbocycles. The summed E-state index contributed by atoms with van der Waals surface area (Å²) < 4.78 is 1.16. The number of hydrogen-bond donors (Lipinski definition) is 0. The second-order valence-electron chi connectivity index (χ2n) is 6.01. The number of rotatable bonds is 3. The second kappa shape index (κ2) is 6.13. The third-order valence-electron chi connectivity index (χ3n) is 3.95. The zero-order valence-electron chi connectivity index (χ0n) is 13.9. The average Bonchev–Trinajstić information content (AvgIpc) is 2.88. The lowest BCUT2D eigenvalue weighted by atomic mass is 9.99. The van der Waals surface area contributed by atoms with Crippen LogP contribution < -0.4 is 0 Å². The molecule has 1 aromatic heterocycles. The number of nitrogens with zero attached hydrogens (tertiary/aromatic N) is 2. The highest BCUT2D eigenvalue weighted by molar-refractivity contribution is 7.18. The summed E-state index contributed by atoms with van der Waals surface area (Å²) in [6, 6.07) is 12.2. The van der Waals surface area contributed by atoms with Gasteiger partial charge in [-0.1, -0.05) is 29.8 Å². The normalized spacial score (nSPS) is 11.0.